The Labute approximate surface area is 202 Å². The van der Waals surface area contributed by atoms with Gasteiger partial charge in [0, 0.05) is 40.3 Å². The molecule has 1 aromatic heterocycles. The molecule has 8 heteroatoms. The molecule has 1 saturated heterocycles. The van der Waals surface area contributed by atoms with Gasteiger partial charge in [0.05, 0.1) is 23.4 Å². The van der Waals surface area contributed by atoms with Crippen molar-refractivity contribution in [2.75, 3.05) is 18.1 Å². The number of nitrogens with zero attached hydrogens (tertiary/aromatic N) is 2. The zero-order valence-electron chi connectivity index (χ0n) is 17.8. The number of ether oxygens (including phenoxy) is 1. The number of benzene rings is 1. The van der Waals surface area contributed by atoms with Gasteiger partial charge in [0.1, 0.15) is 5.78 Å². The van der Waals surface area contributed by atoms with Crippen molar-refractivity contribution in [2.24, 2.45) is 17.8 Å². The van der Waals surface area contributed by atoms with E-state index in [2.05, 4.69) is 0 Å². The highest BCUT2D eigenvalue weighted by Gasteiger charge is 2.43. The van der Waals surface area contributed by atoms with Crippen LogP contribution in [0.25, 0.3) is 11.3 Å². The van der Waals surface area contributed by atoms with Gasteiger partial charge in [-0.25, -0.2) is 4.98 Å². The first kappa shape index (κ1) is 22.3. The molecule has 32 heavy (non-hydrogen) atoms. The van der Waals surface area contributed by atoms with E-state index in [-0.39, 0.29) is 29.8 Å². The lowest BCUT2D eigenvalue weighted by Gasteiger charge is -2.38. The van der Waals surface area contributed by atoms with Crippen molar-refractivity contribution >= 4 is 51.4 Å². The number of hydrogen-bond acceptors (Lipinski definition) is 5. The lowest BCUT2D eigenvalue weighted by atomic mass is 9.67. The summed E-state index contributed by atoms with van der Waals surface area (Å²) in [5.41, 5.74) is 1.52. The highest BCUT2D eigenvalue weighted by atomic mass is 35.5. The number of amides is 1. The first-order chi connectivity index (χ1) is 15.5. The minimum absolute atomic E-state index is 0.0233. The summed E-state index contributed by atoms with van der Waals surface area (Å²) >= 11 is 13.9. The third kappa shape index (κ3) is 4.47. The van der Waals surface area contributed by atoms with Crippen molar-refractivity contribution in [1.29, 1.82) is 0 Å². The Hall–Kier alpha value is -1.47. The number of hydrogen-bond donors (Lipinski definition) is 0. The van der Waals surface area contributed by atoms with Gasteiger partial charge in [0.15, 0.2) is 5.13 Å². The van der Waals surface area contributed by atoms with Crippen LogP contribution in [0.1, 0.15) is 44.9 Å². The molecule has 5 rings (SSSR count). The number of rotatable bonds is 5. The van der Waals surface area contributed by atoms with Gasteiger partial charge >= 0.3 is 0 Å². The highest BCUT2D eigenvalue weighted by Crippen LogP contribution is 2.42. The van der Waals surface area contributed by atoms with Crippen LogP contribution >= 0.6 is 34.5 Å². The van der Waals surface area contributed by atoms with Crippen molar-refractivity contribution < 1.29 is 14.3 Å². The van der Waals surface area contributed by atoms with Gasteiger partial charge in [-0.1, -0.05) is 29.6 Å². The zero-order valence-corrected chi connectivity index (χ0v) is 20.1. The Balaban J connectivity index is 1.42. The maximum atomic E-state index is 13.8. The first-order valence-electron chi connectivity index (χ1n) is 11.4. The van der Waals surface area contributed by atoms with E-state index in [4.69, 9.17) is 32.9 Å². The van der Waals surface area contributed by atoms with E-state index in [0.29, 0.717) is 40.3 Å². The van der Waals surface area contributed by atoms with Crippen LogP contribution in [0.3, 0.4) is 0 Å². The fourth-order valence-electron chi connectivity index (χ4n) is 5.37. The van der Waals surface area contributed by atoms with E-state index in [9.17, 15) is 9.59 Å². The molecule has 2 aromatic rings. The Morgan fingerprint density at radius 3 is 2.62 bits per heavy atom. The number of aromatic nitrogens is 1. The second kappa shape index (κ2) is 9.41. The van der Waals surface area contributed by atoms with E-state index in [1.165, 1.54) is 11.3 Å². The van der Waals surface area contributed by atoms with Crippen LogP contribution in [0, 0.1) is 17.8 Å². The predicted molar refractivity (Wildman–Crippen MR) is 127 cm³/mol. The summed E-state index contributed by atoms with van der Waals surface area (Å²) in [6.45, 7) is 1.23. The van der Waals surface area contributed by atoms with Gasteiger partial charge in [-0.3, -0.25) is 14.5 Å². The first-order valence-corrected chi connectivity index (χ1v) is 13.0. The van der Waals surface area contributed by atoms with Crippen molar-refractivity contribution in [1.82, 2.24) is 4.98 Å². The fraction of sp³-hybridized carbons (Fsp3) is 0.542. The van der Waals surface area contributed by atoms with E-state index < -0.39 is 0 Å². The van der Waals surface area contributed by atoms with Gasteiger partial charge in [0.25, 0.3) is 0 Å². The van der Waals surface area contributed by atoms with Gasteiger partial charge in [-0.15, -0.1) is 11.3 Å². The highest BCUT2D eigenvalue weighted by molar-refractivity contribution is 7.14. The second-order valence-corrected chi connectivity index (χ2v) is 10.8. The summed E-state index contributed by atoms with van der Waals surface area (Å²) in [5, 5.41) is 3.69. The molecule has 0 spiro atoms. The van der Waals surface area contributed by atoms with E-state index in [1.807, 2.05) is 16.3 Å². The van der Waals surface area contributed by atoms with Crippen molar-refractivity contribution in [3.63, 3.8) is 0 Å². The quantitative estimate of drug-likeness (QED) is 0.511. The molecular weight excluding hydrogens is 467 g/mol. The SMILES string of the molecule is O=C1[C@H]2CCC[C@H]1CC(C(=O)N(C[C@@H]1CCCO1)c1nc(-c3ccc(Cl)cc3Cl)cs1)C2. The molecule has 1 aliphatic heterocycles. The van der Waals surface area contributed by atoms with Crippen molar-refractivity contribution in [3.05, 3.63) is 33.6 Å². The van der Waals surface area contributed by atoms with Crippen LogP contribution < -0.4 is 4.90 Å². The fourth-order valence-corrected chi connectivity index (χ4v) is 6.71. The van der Waals surface area contributed by atoms with Gasteiger partial charge in [-0.2, -0.15) is 0 Å². The number of Topliss-reactive ketones (excluding diaryl/α,β-unsaturated/α-hetero) is 1. The second-order valence-electron chi connectivity index (χ2n) is 9.12. The molecule has 2 aliphatic carbocycles. The number of anilines is 1. The molecule has 2 heterocycles. The summed E-state index contributed by atoms with van der Waals surface area (Å²) in [5.74, 6) is 0.408. The minimum Gasteiger partial charge on any atom is -0.376 e. The maximum Gasteiger partial charge on any atom is 0.232 e. The number of fused-ring (bicyclic) bond motifs is 2. The number of ketones is 1. The standard InChI is InChI=1S/C24H26Cl2N2O3S/c25-17-6-7-19(20(26)11-17)21-13-32-24(27-21)28(12-18-5-2-8-31-18)23(30)16-9-14-3-1-4-15(10-16)22(14)29/h6-7,11,13-16,18H,1-5,8-10,12H2/t14-,15-,18-/m0/s1. The topological polar surface area (TPSA) is 59.5 Å². The predicted octanol–water partition coefficient (Wildman–Crippen LogP) is 6.02. The molecule has 3 fully saturated rings. The Morgan fingerprint density at radius 2 is 1.94 bits per heavy atom. The van der Waals surface area contributed by atoms with Crippen molar-refractivity contribution in [3.8, 4) is 11.3 Å². The van der Waals surface area contributed by atoms with Gasteiger partial charge < -0.3 is 4.74 Å². The molecule has 2 saturated carbocycles. The Morgan fingerprint density at radius 1 is 1.16 bits per heavy atom. The number of thiazole rings is 1. The van der Waals surface area contributed by atoms with Crippen LogP contribution in [0.4, 0.5) is 5.13 Å². The molecule has 0 N–H and O–H groups in total. The average molecular weight is 493 g/mol. The Kier molecular flexibility index (Phi) is 6.57. The molecule has 1 aromatic carbocycles. The third-order valence-electron chi connectivity index (χ3n) is 7.00. The summed E-state index contributed by atoms with van der Waals surface area (Å²) in [6, 6.07) is 5.34. The van der Waals surface area contributed by atoms with E-state index >= 15 is 0 Å². The van der Waals surface area contributed by atoms with E-state index in [0.717, 1.165) is 50.0 Å². The Bertz CT molecular complexity index is 1000. The molecular formula is C24H26Cl2N2O3S. The van der Waals surface area contributed by atoms with Crippen LogP contribution in [0.5, 0.6) is 0 Å². The van der Waals surface area contributed by atoms with Crippen LogP contribution in [0.2, 0.25) is 10.0 Å². The monoisotopic (exact) mass is 492 g/mol. The summed E-state index contributed by atoms with van der Waals surface area (Å²) in [4.78, 5) is 32.9. The van der Waals surface area contributed by atoms with Gasteiger partial charge in [0.2, 0.25) is 5.91 Å². The number of carbonyl (C=O) groups excluding carboxylic acids is 2. The lowest BCUT2D eigenvalue weighted by molar-refractivity contribution is -0.136. The number of halogens is 2. The average Bonchev–Trinajstić information content (AvgIpc) is 3.43. The molecule has 5 nitrogen and oxygen atoms in total. The minimum atomic E-state index is -0.129. The van der Waals surface area contributed by atoms with Crippen LogP contribution in [-0.4, -0.2) is 35.9 Å². The number of carbonyl (C=O) groups is 2. The van der Waals surface area contributed by atoms with Crippen LogP contribution in [0.15, 0.2) is 23.6 Å². The van der Waals surface area contributed by atoms with Crippen molar-refractivity contribution in [2.45, 2.75) is 51.0 Å². The third-order valence-corrected chi connectivity index (χ3v) is 8.41. The van der Waals surface area contributed by atoms with E-state index in [1.54, 1.807) is 12.1 Å². The molecule has 3 atom stereocenters. The van der Waals surface area contributed by atoms with Crippen LogP contribution in [-0.2, 0) is 14.3 Å². The molecule has 0 unspecified atom stereocenters. The molecule has 0 radical (unpaired) electrons. The molecule has 170 valence electrons. The largest absolute Gasteiger partial charge is 0.376 e. The molecule has 2 bridgehead atoms. The summed E-state index contributed by atoms with van der Waals surface area (Å²) in [7, 11) is 0. The normalized spacial score (nSPS) is 27.5. The maximum absolute atomic E-state index is 13.8. The molecule has 1 amide bonds. The smallest absolute Gasteiger partial charge is 0.232 e. The lowest BCUT2D eigenvalue weighted by Crippen LogP contribution is -2.46. The van der Waals surface area contributed by atoms with Gasteiger partial charge in [-0.05, 0) is 56.7 Å². The molecule has 3 aliphatic rings. The summed E-state index contributed by atoms with van der Waals surface area (Å²) in [6.07, 6.45) is 6.24. The zero-order chi connectivity index (χ0) is 22.2. The summed E-state index contributed by atoms with van der Waals surface area (Å²) < 4.78 is 5.85.